The van der Waals surface area contributed by atoms with Gasteiger partial charge in [-0.05, 0) is 67.0 Å². The first kappa shape index (κ1) is 19.9. The zero-order valence-corrected chi connectivity index (χ0v) is 19.1. The minimum absolute atomic E-state index is 0.0619. The van der Waals surface area contributed by atoms with Gasteiger partial charge in [0.1, 0.15) is 10.6 Å². The van der Waals surface area contributed by atoms with Gasteiger partial charge < -0.3 is 10.1 Å². The molecule has 4 aromatic rings. The molecular formula is C26H27N3O2S. The molecule has 32 heavy (non-hydrogen) atoms. The summed E-state index contributed by atoms with van der Waals surface area (Å²) >= 11 is 1.70. The van der Waals surface area contributed by atoms with Crippen molar-refractivity contribution >= 4 is 32.3 Å². The Morgan fingerprint density at radius 1 is 1.19 bits per heavy atom. The molecule has 2 aliphatic rings. The lowest BCUT2D eigenvalue weighted by Gasteiger charge is -2.23. The molecule has 2 aromatic heterocycles. The summed E-state index contributed by atoms with van der Waals surface area (Å²) < 4.78 is 7.39. The first-order chi connectivity index (χ1) is 15.7. The number of aromatic nitrogens is 2. The first-order valence-electron chi connectivity index (χ1n) is 11.5. The van der Waals surface area contributed by atoms with Gasteiger partial charge in [-0.3, -0.25) is 9.36 Å². The van der Waals surface area contributed by atoms with E-state index in [1.165, 1.54) is 23.3 Å². The first-order valence-corrected chi connectivity index (χ1v) is 12.3. The van der Waals surface area contributed by atoms with E-state index in [1.807, 2.05) is 18.2 Å². The lowest BCUT2D eigenvalue weighted by molar-refractivity contribution is 0.409. The molecule has 6 heteroatoms. The van der Waals surface area contributed by atoms with Crippen molar-refractivity contribution in [2.75, 3.05) is 13.7 Å². The molecule has 2 heterocycles. The summed E-state index contributed by atoms with van der Waals surface area (Å²) in [5, 5.41) is 6.82. The Labute approximate surface area is 191 Å². The summed E-state index contributed by atoms with van der Waals surface area (Å²) in [6, 6.07) is 12.8. The monoisotopic (exact) mass is 445 g/mol. The van der Waals surface area contributed by atoms with Crippen LogP contribution in [0.2, 0.25) is 0 Å². The van der Waals surface area contributed by atoms with Gasteiger partial charge in [0.25, 0.3) is 5.56 Å². The lowest BCUT2D eigenvalue weighted by atomic mass is 9.93. The van der Waals surface area contributed by atoms with E-state index in [4.69, 9.17) is 9.72 Å². The van der Waals surface area contributed by atoms with E-state index >= 15 is 0 Å². The number of aryl methyl sites for hydroxylation is 1. The van der Waals surface area contributed by atoms with Crippen molar-refractivity contribution in [1.82, 2.24) is 14.9 Å². The van der Waals surface area contributed by atoms with Crippen LogP contribution in [0.1, 0.15) is 35.3 Å². The molecule has 6 rings (SSSR count). The predicted molar refractivity (Wildman–Crippen MR) is 130 cm³/mol. The third kappa shape index (κ3) is 3.51. The number of nitrogens with zero attached hydrogens (tertiary/aromatic N) is 2. The van der Waals surface area contributed by atoms with Crippen LogP contribution in [-0.2, 0) is 19.4 Å². The number of thiophene rings is 1. The van der Waals surface area contributed by atoms with E-state index in [-0.39, 0.29) is 5.56 Å². The minimum Gasteiger partial charge on any atom is -0.496 e. The summed E-state index contributed by atoms with van der Waals surface area (Å²) in [4.78, 5) is 20.5. The molecule has 1 N–H and O–H groups in total. The maximum absolute atomic E-state index is 13.6. The van der Waals surface area contributed by atoms with Gasteiger partial charge in [-0.2, -0.15) is 0 Å². The van der Waals surface area contributed by atoms with Crippen molar-refractivity contribution in [3.63, 3.8) is 0 Å². The van der Waals surface area contributed by atoms with Gasteiger partial charge in [-0.1, -0.05) is 30.3 Å². The second-order valence-electron chi connectivity index (χ2n) is 9.12. The number of rotatable bonds is 6. The highest BCUT2D eigenvalue weighted by Gasteiger charge is 2.27. The van der Waals surface area contributed by atoms with E-state index in [0.717, 1.165) is 64.0 Å². The van der Waals surface area contributed by atoms with Crippen LogP contribution in [0.3, 0.4) is 0 Å². The number of methoxy groups -OCH3 is 1. The number of benzene rings is 2. The van der Waals surface area contributed by atoms with Crippen molar-refractivity contribution in [1.29, 1.82) is 0 Å². The number of ether oxygens (including phenoxy) is 1. The fourth-order valence-corrected chi connectivity index (χ4v) is 6.24. The molecule has 1 fully saturated rings. The number of fused-ring (bicyclic) bond motifs is 4. The Hall–Kier alpha value is -2.70. The third-order valence-corrected chi connectivity index (χ3v) is 8.14. The molecule has 0 spiro atoms. The number of hydrogen-bond acceptors (Lipinski definition) is 5. The Balaban J connectivity index is 1.36. The van der Waals surface area contributed by atoms with E-state index < -0.39 is 0 Å². The van der Waals surface area contributed by atoms with Gasteiger partial charge in [-0.25, -0.2) is 4.98 Å². The van der Waals surface area contributed by atoms with Crippen LogP contribution < -0.4 is 15.6 Å². The van der Waals surface area contributed by atoms with Crippen LogP contribution in [-0.4, -0.2) is 29.2 Å². The van der Waals surface area contributed by atoms with Crippen molar-refractivity contribution in [3.05, 3.63) is 69.1 Å². The average molecular weight is 446 g/mol. The predicted octanol–water partition coefficient (Wildman–Crippen LogP) is 4.53. The molecule has 2 aliphatic carbocycles. The van der Waals surface area contributed by atoms with Crippen LogP contribution in [0.25, 0.3) is 21.0 Å². The molecule has 0 saturated heterocycles. The molecule has 0 radical (unpaired) electrons. The zero-order valence-electron chi connectivity index (χ0n) is 18.3. The normalized spacial score (nSPS) is 18.2. The minimum atomic E-state index is 0.0619. The van der Waals surface area contributed by atoms with Crippen LogP contribution in [0, 0.1) is 5.92 Å². The van der Waals surface area contributed by atoms with Gasteiger partial charge in [0.05, 0.1) is 25.4 Å². The molecule has 5 nitrogen and oxygen atoms in total. The third-order valence-electron chi connectivity index (χ3n) is 6.97. The summed E-state index contributed by atoms with van der Waals surface area (Å²) in [6.07, 6.45) is 7.52. The summed E-state index contributed by atoms with van der Waals surface area (Å²) in [6.45, 7) is 1.59. The SMILES string of the molecule is COc1ccc2ccccc2c1Cn1cnc2sc3c(c2c1=O)CCC(NCC1CC1)C3. The highest BCUT2D eigenvalue weighted by molar-refractivity contribution is 7.18. The van der Waals surface area contributed by atoms with Gasteiger partial charge in [-0.15, -0.1) is 11.3 Å². The van der Waals surface area contributed by atoms with Crippen LogP contribution in [0.5, 0.6) is 5.75 Å². The van der Waals surface area contributed by atoms with Crippen molar-refractivity contribution in [3.8, 4) is 5.75 Å². The lowest BCUT2D eigenvalue weighted by Crippen LogP contribution is -2.35. The van der Waals surface area contributed by atoms with E-state index in [1.54, 1.807) is 29.3 Å². The van der Waals surface area contributed by atoms with Crippen molar-refractivity contribution in [2.24, 2.45) is 5.92 Å². The summed E-state index contributed by atoms with van der Waals surface area (Å²) in [5.74, 6) is 1.69. The Kier molecular flexibility index (Phi) is 5.00. The van der Waals surface area contributed by atoms with Crippen molar-refractivity contribution < 1.29 is 4.74 Å². The van der Waals surface area contributed by atoms with Gasteiger partial charge in [0.2, 0.25) is 0 Å². The van der Waals surface area contributed by atoms with Crippen LogP contribution in [0.15, 0.2) is 47.5 Å². The van der Waals surface area contributed by atoms with E-state index in [2.05, 4.69) is 23.5 Å². The molecule has 0 aliphatic heterocycles. The topological polar surface area (TPSA) is 56.2 Å². The second-order valence-corrected chi connectivity index (χ2v) is 10.2. The maximum Gasteiger partial charge on any atom is 0.262 e. The standard InChI is InChI=1S/C26H27N3O2S/c1-31-22-11-8-17-4-2-3-5-19(17)21(22)14-29-15-28-25-24(26(29)30)20-10-9-18(12-23(20)32-25)27-13-16-6-7-16/h2-5,8,11,15-16,18,27H,6-7,9-10,12-14H2,1H3. The quantitative estimate of drug-likeness (QED) is 0.474. The molecule has 1 unspecified atom stereocenters. The number of nitrogens with one attached hydrogen (secondary N) is 1. The van der Waals surface area contributed by atoms with E-state index in [0.29, 0.717) is 12.6 Å². The molecule has 1 atom stereocenters. The fourth-order valence-electron chi connectivity index (χ4n) is 4.98. The largest absolute Gasteiger partial charge is 0.496 e. The summed E-state index contributed by atoms with van der Waals surface area (Å²) in [7, 11) is 1.68. The maximum atomic E-state index is 13.6. The fraction of sp³-hybridized carbons (Fsp3) is 0.385. The summed E-state index contributed by atoms with van der Waals surface area (Å²) in [5.41, 5.74) is 2.31. The van der Waals surface area contributed by atoms with E-state index in [9.17, 15) is 4.79 Å². The Morgan fingerprint density at radius 2 is 2.06 bits per heavy atom. The Morgan fingerprint density at radius 3 is 2.91 bits per heavy atom. The molecule has 1 saturated carbocycles. The van der Waals surface area contributed by atoms with Crippen LogP contribution in [0.4, 0.5) is 0 Å². The molecule has 0 bridgehead atoms. The molecule has 2 aromatic carbocycles. The van der Waals surface area contributed by atoms with Gasteiger partial charge >= 0.3 is 0 Å². The average Bonchev–Trinajstić information content (AvgIpc) is 3.58. The highest BCUT2D eigenvalue weighted by atomic mass is 32.1. The van der Waals surface area contributed by atoms with Gasteiger partial charge in [0, 0.05) is 16.5 Å². The van der Waals surface area contributed by atoms with Gasteiger partial charge in [0.15, 0.2) is 0 Å². The van der Waals surface area contributed by atoms with Crippen molar-refractivity contribution in [2.45, 2.75) is 44.7 Å². The van der Waals surface area contributed by atoms with Crippen LogP contribution >= 0.6 is 11.3 Å². The molecule has 0 amide bonds. The second kappa shape index (κ2) is 8.01. The molecular weight excluding hydrogens is 418 g/mol. The zero-order chi connectivity index (χ0) is 21.7. The Bertz CT molecular complexity index is 1370. The molecule has 164 valence electrons. The smallest absolute Gasteiger partial charge is 0.262 e. The highest BCUT2D eigenvalue weighted by Crippen LogP contribution is 2.35. The number of hydrogen-bond donors (Lipinski definition) is 1.